The van der Waals surface area contributed by atoms with E-state index in [0.717, 1.165) is 48.6 Å². The van der Waals surface area contributed by atoms with Crippen molar-refractivity contribution in [3.63, 3.8) is 0 Å². The summed E-state index contributed by atoms with van der Waals surface area (Å²) in [6, 6.07) is 9.83. The topological polar surface area (TPSA) is 39.0 Å². The number of halogens is 1. The van der Waals surface area contributed by atoms with Crippen LogP contribution in [0.25, 0.3) is 5.69 Å². The lowest BCUT2D eigenvalue weighted by atomic mass is 9.49. The average molecular weight is 414 g/mol. The molecule has 29 heavy (non-hydrogen) atoms. The van der Waals surface area contributed by atoms with Crippen molar-refractivity contribution in [2.45, 2.75) is 65.0 Å². The van der Waals surface area contributed by atoms with E-state index in [4.69, 9.17) is 11.6 Å². The summed E-state index contributed by atoms with van der Waals surface area (Å²) < 4.78 is 3.82. The number of benzene rings is 1. The molecule has 4 saturated carbocycles. The normalized spacial score (nSPS) is 30.2. The first-order valence-electron chi connectivity index (χ1n) is 11.3. The van der Waals surface area contributed by atoms with Crippen LogP contribution in [0.15, 0.2) is 35.1 Å². The first-order chi connectivity index (χ1) is 14.1. The number of para-hydroxylation sites is 1. The molecule has 0 unspecified atom stereocenters. The molecule has 0 atom stereocenters. The molecule has 6 rings (SSSR count). The second kappa shape index (κ2) is 7.63. The van der Waals surface area contributed by atoms with Crippen LogP contribution >= 0.6 is 11.6 Å². The molecule has 5 heteroatoms. The van der Waals surface area contributed by atoms with Crippen molar-refractivity contribution in [1.29, 1.82) is 0 Å². The van der Waals surface area contributed by atoms with Gasteiger partial charge in [0.25, 0.3) is 5.56 Å². The van der Waals surface area contributed by atoms with E-state index in [1.165, 1.54) is 38.5 Å². The zero-order valence-corrected chi connectivity index (χ0v) is 18.1. The predicted octanol–water partition coefficient (Wildman–Crippen LogP) is 5.01. The molecule has 1 heterocycles. The van der Waals surface area contributed by atoms with Gasteiger partial charge in [0.15, 0.2) is 0 Å². The molecule has 1 N–H and O–H groups in total. The monoisotopic (exact) mass is 413 g/mol. The van der Waals surface area contributed by atoms with Gasteiger partial charge in [0.05, 0.1) is 11.4 Å². The number of hydrogen-bond acceptors (Lipinski definition) is 2. The maximum Gasteiger partial charge on any atom is 0.290 e. The fraction of sp³-hybridized carbons (Fsp3) is 0.625. The van der Waals surface area contributed by atoms with Crippen LogP contribution in [0.4, 0.5) is 0 Å². The molecule has 156 valence electrons. The molecule has 4 bridgehead atoms. The Morgan fingerprint density at radius 1 is 1.07 bits per heavy atom. The average Bonchev–Trinajstić information content (AvgIpc) is 2.92. The Hall–Kier alpha value is -1.52. The SMILES string of the molecule is CCCn1c(CNCC23CC4CC(CC(C4)C2)C3)c(Cl)c(=O)n1-c1ccccc1. The second-order valence-electron chi connectivity index (χ2n) is 9.86. The number of rotatable bonds is 7. The Bertz CT molecular complexity index is 894. The van der Waals surface area contributed by atoms with Gasteiger partial charge < -0.3 is 5.32 Å². The molecule has 0 spiro atoms. The van der Waals surface area contributed by atoms with Gasteiger partial charge in [0.1, 0.15) is 5.02 Å². The van der Waals surface area contributed by atoms with Crippen LogP contribution in [-0.4, -0.2) is 15.9 Å². The molecular formula is C24H32ClN3O. The highest BCUT2D eigenvalue weighted by Crippen LogP contribution is 2.59. The van der Waals surface area contributed by atoms with E-state index in [-0.39, 0.29) is 5.56 Å². The highest BCUT2D eigenvalue weighted by atomic mass is 35.5. The molecule has 4 nitrogen and oxygen atoms in total. The van der Waals surface area contributed by atoms with E-state index in [1.807, 2.05) is 30.3 Å². The van der Waals surface area contributed by atoms with E-state index in [2.05, 4.69) is 16.9 Å². The highest BCUT2D eigenvalue weighted by molar-refractivity contribution is 6.31. The Labute approximate surface area is 178 Å². The Balaban J connectivity index is 1.37. The highest BCUT2D eigenvalue weighted by Gasteiger charge is 2.50. The van der Waals surface area contributed by atoms with Gasteiger partial charge in [-0.2, -0.15) is 0 Å². The summed E-state index contributed by atoms with van der Waals surface area (Å²) in [7, 11) is 0. The first kappa shape index (κ1) is 19.4. The summed E-state index contributed by atoms with van der Waals surface area (Å²) in [5.74, 6) is 2.89. The van der Waals surface area contributed by atoms with Crippen LogP contribution in [-0.2, 0) is 13.1 Å². The molecule has 0 aliphatic heterocycles. The van der Waals surface area contributed by atoms with Crippen LogP contribution in [0.3, 0.4) is 0 Å². The predicted molar refractivity (Wildman–Crippen MR) is 118 cm³/mol. The van der Waals surface area contributed by atoms with Crippen molar-refractivity contribution in [2.75, 3.05) is 6.54 Å². The molecule has 1 aromatic heterocycles. The molecule has 0 radical (unpaired) electrons. The lowest BCUT2D eigenvalue weighted by Gasteiger charge is -2.57. The molecule has 4 fully saturated rings. The Kier molecular flexibility index (Phi) is 5.11. The zero-order valence-electron chi connectivity index (χ0n) is 17.4. The van der Waals surface area contributed by atoms with E-state index in [1.54, 1.807) is 4.68 Å². The van der Waals surface area contributed by atoms with E-state index >= 15 is 0 Å². The Morgan fingerprint density at radius 2 is 1.69 bits per heavy atom. The summed E-state index contributed by atoms with van der Waals surface area (Å²) in [6.07, 6.45) is 9.56. The summed E-state index contributed by atoms with van der Waals surface area (Å²) in [5.41, 5.74) is 2.17. The molecule has 4 aliphatic carbocycles. The van der Waals surface area contributed by atoms with Crippen LogP contribution in [0.2, 0.25) is 5.02 Å². The summed E-state index contributed by atoms with van der Waals surface area (Å²) in [5, 5.41) is 4.09. The molecule has 0 saturated heterocycles. The van der Waals surface area contributed by atoms with Crippen LogP contribution < -0.4 is 10.9 Å². The summed E-state index contributed by atoms with van der Waals surface area (Å²) in [4.78, 5) is 13.0. The molecule has 0 amide bonds. The van der Waals surface area contributed by atoms with E-state index < -0.39 is 0 Å². The third-order valence-electron chi connectivity index (χ3n) is 7.58. The van der Waals surface area contributed by atoms with Crippen molar-refractivity contribution in [3.05, 3.63) is 51.4 Å². The Morgan fingerprint density at radius 3 is 2.28 bits per heavy atom. The largest absolute Gasteiger partial charge is 0.311 e. The fourth-order valence-electron chi connectivity index (χ4n) is 6.95. The standard InChI is InChI=1S/C24H32ClN3O/c1-2-8-27-21(22(25)23(29)28(27)20-6-4-3-5-7-20)15-26-16-24-12-17-9-18(13-24)11-19(10-17)14-24/h3-7,17-19,26H,2,8-16H2,1H3. The maximum absolute atomic E-state index is 13.0. The lowest BCUT2D eigenvalue weighted by Crippen LogP contribution is -2.50. The van der Waals surface area contributed by atoms with Gasteiger partial charge in [-0.1, -0.05) is 36.7 Å². The van der Waals surface area contributed by atoms with Crippen LogP contribution in [0.5, 0.6) is 0 Å². The number of aromatic nitrogens is 2. The third kappa shape index (κ3) is 3.48. The van der Waals surface area contributed by atoms with Crippen LogP contribution in [0.1, 0.15) is 57.6 Å². The number of hydrogen-bond donors (Lipinski definition) is 1. The number of nitrogens with zero attached hydrogens (tertiary/aromatic N) is 2. The van der Waals surface area contributed by atoms with Crippen molar-refractivity contribution >= 4 is 11.6 Å². The van der Waals surface area contributed by atoms with Crippen LogP contribution in [0, 0.1) is 23.2 Å². The van der Waals surface area contributed by atoms with Gasteiger partial charge in [0, 0.05) is 19.6 Å². The summed E-state index contributed by atoms with van der Waals surface area (Å²) in [6.45, 7) is 4.64. The summed E-state index contributed by atoms with van der Waals surface area (Å²) >= 11 is 6.57. The van der Waals surface area contributed by atoms with Gasteiger partial charge >= 0.3 is 0 Å². The van der Waals surface area contributed by atoms with Gasteiger partial charge in [-0.05, 0) is 80.2 Å². The fourth-order valence-corrected chi connectivity index (χ4v) is 7.20. The van der Waals surface area contributed by atoms with Crippen molar-refractivity contribution in [2.24, 2.45) is 23.2 Å². The smallest absolute Gasteiger partial charge is 0.290 e. The molecule has 4 aliphatic rings. The maximum atomic E-state index is 13.0. The second-order valence-corrected chi connectivity index (χ2v) is 10.2. The van der Waals surface area contributed by atoms with Gasteiger partial charge in [0.2, 0.25) is 0 Å². The van der Waals surface area contributed by atoms with Crippen molar-refractivity contribution in [1.82, 2.24) is 14.7 Å². The van der Waals surface area contributed by atoms with E-state index in [9.17, 15) is 4.79 Å². The van der Waals surface area contributed by atoms with Gasteiger partial charge in [-0.25, -0.2) is 4.68 Å². The minimum atomic E-state index is -0.113. The van der Waals surface area contributed by atoms with Crippen molar-refractivity contribution < 1.29 is 0 Å². The quantitative estimate of drug-likeness (QED) is 0.693. The molecule has 2 aromatic rings. The van der Waals surface area contributed by atoms with Gasteiger partial charge in [-0.15, -0.1) is 0 Å². The van der Waals surface area contributed by atoms with E-state index in [0.29, 0.717) is 17.0 Å². The molecular weight excluding hydrogens is 382 g/mol. The zero-order chi connectivity index (χ0) is 20.0. The first-order valence-corrected chi connectivity index (χ1v) is 11.7. The van der Waals surface area contributed by atoms with Gasteiger partial charge in [-0.3, -0.25) is 9.48 Å². The minimum absolute atomic E-state index is 0.113. The number of nitrogens with one attached hydrogen (secondary N) is 1. The minimum Gasteiger partial charge on any atom is -0.311 e. The lowest BCUT2D eigenvalue weighted by molar-refractivity contribution is -0.0515. The third-order valence-corrected chi connectivity index (χ3v) is 7.96. The molecule has 1 aromatic carbocycles. The van der Waals surface area contributed by atoms with Crippen molar-refractivity contribution in [3.8, 4) is 5.69 Å².